The summed E-state index contributed by atoms with van der Waals surface area (Å²) in [4.78, 5) is 32.8. The Bertz CT molecular complexity index is 300. The predicted molar refractivity (Wildman–Crippen MR) is 50.7 cm³/mol. The highest BCUT2D eigenvalue weighted by molar-refractivity contribution is 5.90. The van der Waals surface area contributed by atoms with Crippen molar-refractivity contribution < 1.29 is 19.1 Å². The van der Waals surface area contributed by atoms with E-state index >= 15 is 0 Å². The fourth-order valence-electron chi connectivity index (χ4n) is 1.12. The van der Waals surface area contributed by atoms with E-state index in [4.69, 9.17) is 4.74 Å². The Hall–Kier alpha value is -1.85. The molecule has 1 aliphatic rings. The SMILES string of the molecule is C=CC(=O)NCC(=O)OC1CCNC1=O. The summed E-state index contributed by atoms with van der Waals surface area (Å²) >= 11 is 0. The number of carbonyl (C=O) groups excluding carboxylic acids is 3. The second-order valence-electron chi connectivity index (χ2n) is 2.98. The van der Waals surface area contributed by atoms with E-state index in [9.17, 15) is 14.4 Å². The largest absolute Gasteiger partial charge is 0.451 e. The molecule has 0 radical (unpaired) electrons. The summed E-state index contributed by atoms with van der Waals surface area (Å²) in [7, 11) is 0. The van der Waals surface area contributed by atoms with E-state index in [0.717, 1.165) is 6.08 Å². The van der Waals surface area contributed by atoms with E-state index in [1.807, 2.05) is 0 Å². The minimum Gasteiger partial charge on any atom is -0.451 e. The lowest BCUT2D eigenvalue weighted by molar-refractivity contribution is -0.153. The van der Waals surface area contributed by atoms with Crippen LogP contribution in [0.4, 0.5) is 0 Å². The maximum atomic E-state index is 11.1. The summed E-state index contributed by atoms with van der Waals surface area (Å²) in [6.45, 7) is 3.48. The Kier molecular flexibility index (Phi) is 3.84. The van der Waals surface area contributed by atoms with Crippen molar-refractivity contribution in [3.8, 4) is 0 Å². The van der Waals surface area contributed by atoms with E-state index in [0.29, 0.717) is 13.0 Å². The highest BCUT2D eigenvalue weighted by Crippen LogP contribution is 2.04. The van der Waals surface area contributed by atoms with Gasteiger partial charge >= 0.3 is 5.97 Å². The van der Waals surface area contributed by atoms with E-state index in [2.05, 4.69) is 17.2 Å². The zero-order valence-corrected chi connectivity index (χ0v) is 8.12. The summed E-state index contributed by atoms with van der Waals surface area (Å²) in [5, 5.41) is 4.79. The van der Waals surface area contributed by atoms with E-state index in [1.54, 1.807) is 0 Å². The van der Waals surface area contributed by atoms with Gasteiger partial charge in [0, 0.05) is 13.0 Å². The predicted octanol–water partition coefficient (Wildman–Crippen LogP) is -1.28. The van der Waals surface area contributed by atoms with E-state index in [1.165, 1.54) is 0 Å². The van der Waals surface area contributed by atoms with Gasteiger partial charge in [0.05, 0.1) is 0 Å². The number of esters is 1. The van der Waals surface area contributed by atoms with Gasteiger partial charge in [-0.05, 0) is 6.08 Å². The van der Waals surface area contributed by atoms with Crippen molar-refractivity contribution >= 4 is 17.8 Å². The third kappa shape index (κ3) is 3.41. The number of hydrogen-bond acceptors (Lipinski definition) is 4. The highest BCUT2D eigenvalue weighted by atomic mass is 16.5. The topological polar surface area (TPSA) is 84.5 Å². The minimum absolute atomic E-state index is 0.255. The number of rotatable bonds is 4. The molecular weight excluding hydrogens is 200 g/mol. The van der Waals surface area contributed by atoms with Gasteiger partial charge in [-0.1, -0.05) is 6.58 Å². The molecule has 0 saturated carbocycles. The molecule has 1 aliphatic heterocycles. The van der Waals surface area contributed by atoms with Crippen molar-refractivity contribution in [2.24, 2.45) is 0 Å². The highest BCUT2D eigenvalue weighted by Gasteiger charge is 2.27. The summed E-state index contributed by atoms with van der Waals surface area (Å²) in [5.74, 6) is -1.38. The lowest BCUT2D eigenvalue weighted by Crippen LogP contribution is -2.34. The summed E-state index contributed by atoms with van der Waals surface area (Å²) in [6.07, 6.45) is 0.799. The standard InChI is InChI=1S/C9H12N2O4/c1-2-7(12)11-5-8(13)15-6-3-4-10-9(6)14/h2,6H,1,3-5H2,(H,10,14)(H,11,12). The van der Waals surface area contributed by atoms with Gasteiger partial charge in [-0.3, -0.25) is 14.4 Å². The Morgan fingerprint density at radius 2 is 2.40 bits per heavy atom. The number of amides is 2. The molecule has 1 unspecified atom stereocenters. The molecule has 0 aromatic heterocycles. The molecule has 2 amide bonds. The van der Waals surface area contributed by atoms with Crippen LogP contribution in [0, 0.1) is 0 Å². The molecule has 2 N–H and O–H groups in total. The summed E-state index contributed by atoms with van der Waals surface area (Å²) < 4.78 is 4.82. The molecular formula is C9H12N2O4. The van der Waals surface area contributed by atoms with Crippen molar-refractivity contribution in [3.63, 3.8) is 0 Å². The quantitative estimate of drug-likeness (QED) is 0.449. The maximum absolute atomic E-state index is 11.1. The fraction of sp³-hybridized carbons (Fsp3) is 0.444. The van der Waals surface area contributed by atoms with Crippen LogP contribution < -0.4 is 10.6 Å². The molecule has 1 fully saturated rings. The Labute approximate surface area is 86.7 Å². The number of nitrogens with one attached hydrogen (secondary N) is 2. The van der Waals surface area contributed by atoms with Gasteiger partial charge < -0.3 is 15.4 Å². The zero-order chi connectivity index (χ0) is 11.3. The smallest absolute Gasteiger partial charge is 0.326 e. The number of hydrogen-bond donors (Lipinski definition) is 2. The monoisotopic (exact) mass is 212 g/mol. The molecule has 1 heterocycles. The molecule has 0 aromatic carbocycles. The minimum atomic E-state index is -0.724. The summed E-state index contributed by atoms with van der Waals surface area (Å²) in [5.41, 5.74) is 0. The van der Waals surface area contributed by atoms with Crippen LogP contribution in [0.5, 0.6) is 0 Å². The molecule has 1 atom stereocenters. The van der Waals surface area contributed by atoms with Crippen molar-refractivity contribution in [1.82, 2.24) is 10.6 Å². The molecule has 0 aliphatic carbocycles. The van der Waals surface area contributed by atoms with Crippen LogP contribution in [0.15, 0.2) is 12.7 Å². The van der Waals surface area contributed by atoms with Crippen molar-refractivity contribution in [2.45, 2.75) is 12.5 Å². The van der Waals surface area contributed by atoms with Crippen molar-refractivity contribution in [3.05, 3.63) is 12.7 Å². The number of carbonyl (C=O) groups is 3. The van der Waals surface area contributed by atoms with Gasteiger partial charge in [-0.15, -0.1) is 0 Å². The zero-order valence-electron chi connectivity index (χ0n) is 8.12. The lowest BCUT2D eigenvalue weighted by atomic mass is 10.3. The third-order valence-electron chi connectivity index (χ3n) is 1.86. The van der Waals surface area contributed by atoms with Crippen LogP contribution >= 0.6 is 0 Å². The molecule has 0 spiro atoms. The first kappa shape index (κ1) is 11.2. The Morgan fingerprint density at radius 3 is 2.93 bits per heavy atom. The van der Waals surface area contributed by atoms with Crippen LogP contribution in [0.2, 0.25) is 0 Å². The molecule has 15 heavy (non-hydrogen) atoms. The van der Waals surface area contributed by atoms with Gasteiger partial charge in [0.25, 0.3) is 5.91 Å². The van der Waals surface area contributed by atoms with Crippen LogP contribution in [0.3, 0.4) is 0 Å². The van der Waals surface area contributed by atoms with Crippen LogP contribution in [-0.4, -0.2) is 37.0 Å². The maximum Gasteiger partial charge on any atom is 0.326 e. The number of ether oxygens (including phenoxy) is 1. The third-order valence-corrected chi connectivity index (χ3v) is 1.86. The van der Waals surface area contributed by atoms with Crippen molar-refractivity contribution in [1.29, 1.82) is 0 Å². The molecule has 6 heteroatoms. The van der Waals surface area contributed by atoms with E-state index in [-0.39, 0.29) is 12.5 Å². The molecule has 1 rings (SSSR count). The second kappa shape index (κ2) is 5.14. The molecule has 1 saturated heterocycles. The Morgan fingerprint density at radius 1 is 1.67 bits per heavy atom. The van der Waals surface area contributed by atoms with E-state index < -0.39 is 18.0 Å². The first-order valence-corrected chi connectivity index (χ1v) is 4.51. The molecule has 0 aromatic rings. The summed E-state index contributed by atoms with van der Waals surface area (Å²) in [6, 6.07) is 0. The van der Waals surface area contributed by atoms with Gasteiger partial charge in [-0.2, -0.15) is 0 Å². The van der Waals surface area contributed by atoms with Gasteiger partial charge in [-0.25, -0.2) is 0 Å². The molecule has 82 valence electrons. The van der Waals surface area contributed by atoms with Gasteiger partial charge in [0.2, 0.25) is 5.91 Å². The van der Waals surface area contributed by atoms with Crippen LogP contribution in [0.1, 0.15) is 6.42 Å². The normalized spacial score (nSPS) is 19.2. The first-order chi connectivity index (χ1) is 7.13. The average Bonchev–Trinajstić information content (AvgIpc) is 2.61. The average molecular weight is 212 g/mol. The first-order valence-electron chi connectivity index (χ1n) is 4.51. The van der Waals surface area contributed by atoms with Crippen LogP contribution in [-0.2, 0) is 19.1 Å². The lowest BCUT2D eigenvalue weighted by Gasteiger charge is -2.09. The fourth-order valence-corrected chi connectivity index (χ4v) is 1.12. The van der Waals surface area contributed by atoms with Gasteiger partial charge in [0.1, 0.15) is 6.54 Å². The Balaban J connectivity index is 2.26. The second-order valence-corrected chi connectivity index (χ2v) is 2.98. The molecule has 6 nitrogen and oxygen atoms in total. The van der Waals surface area contributed by atoms with Crippen LogP contribution in [0.25, 0.3) is 0 Å². The van der Waals surface area contributed by atoms with Gasteiger partial charge in [0.15, 0.2) is 6.10 Å². The molecule has 0 bridgehead atoms. The van der Waals surface area contributed by atoms with Crippen molar-refractivity contribution in [2.75, 3.05) is 13.1 Å².